The zero-order chi connectivity index (χ0) is 35.1. The Hall–Kier alpha value is -5.09. The molecule has 8 aromatic rings. The van der Waals surface area contributed by atoms with E-state index in [1.54, 1.807) is 0 Å². The maximum absolute atomic E-state index is 5.76. The predicted molar refractivity (Wildman–Crippen MR) is 212 cm³/mol. The van der Waals surface area contributed by atoms with Gasteiger partial charge >= 0.3 is 0 Å². The molecule has 51 heavy (non-hydrogen) atoms. The largest absolute Gasteiger partial charge is 0.293 e. The quantitative estimate of drug-likeness (QED) is 0.172. The molecule has 0 saturated heterocycles. The van der Waals surface area contributed by atoms with Crippen molar-refractivity contribution in [2.75, 3.05) is 0 Å². The molecule has 3 aromatic carbocycles. The number of nitrogens with zero attached hydrogens (tertiary/aromatic N) is 4. The first-order valence-electron chi connectivity index (χ1n) is 18.7. The van der Waals surface area contributed by atoms with E-state index in [-0.39, 0.29) is 10.8 Å². The third kappa shape index (κ3) is 5.30. The molecule has 1 aliphatic rings. The molecule has 0 N–H and O–H groups in total. The van der Waals surface area contributed by atoms with Crippen molar-refractivity contribution < 1.29 is 4.57 Å². The molecule has 1 unspecified atom stereocenters. The van der Waals surface area contributed by atoms with Gasteiger partial charge in [-0.1, -0.05) is 90.1 Å². The molecular formula is C47H47N4+. The fourth-order valence-electron chi connectivity index (χ4n) is 8.58. The maximum atomic E-state index is 5.76. The van der Waals surface area contributed by atoms with Gasteiger partial charge in [-0.3, -0.25) is 9.38 Å². The average Bonchev–Trinajstić information content (AvgIpc) is 3.63. The Morgan fingerprint density at radius 2 is 1.43 bits per heavy atom. The monoisotopic (exact) mass is 667 g/mol. The third-order valence-electron chi connectivity index (χ3n) is 11.4. The van der Waals surface area contributed by atoms with Crippen molar-refractivity contribution in [1.29, 1.82) is 0 Å². The SMILES string of the molecule is CC(C)(C)c1cc[n+]2c(c1)-c1cc3c4cc(C(C)(C)C)cc5c6ccccc6n(c3nc1CCC(c1ccccc1-c1ccccn1)CCC2)c54. The Morgan fingerprint density at radius 3 is 2.22 bits per heavy atom. The Balaban J connectivity index is 1.30. The fourth-order valence-corrected chi connectivity index (χ4v) is 8.58. The first-order valence-corrected chi connectivity index (χ1v) is 18.7. The van der Waals surface area contributed by atoms with Gasteiger partial charge in [-0.25, -0.2) is 4.98 Å². The summed E-state index contributed by atoms with van der Waals surface area (Å²) >= 11 is 0. The Morgan fingerprint density at radius 1 is 0.686 bits per heavy atom. The third-order valence-corrected chi connectivity index (χ3v) is 11.4. The van der Waals surface area contributed by atoms with E-state index in [2.05, 4.69) is 148 Å². The molecule has 0 fully saturated rings. The van der Waals surface area contributed by atoms with Crippen LogP contribution in [-0.2, 0) is 23.8 Å². The van der Waals surface area contributed by atoms with Gasteiger partial charge in [0.1, 0.15) is 12.2 Å². The molecule has 0 saturated carbocycles. The predicted octanol–water partition coefficient (Wildman–Crippen LogP) is 11.4. The molecule has 0 aliphatic carbocycles. The number of hydrogen-bond donors (Lipinski definition) is 0. The summed E-state index contributed by atoms with van der Waals surface area (Å²) in [6.07, 6.45) is 8.39. The van der Waals surface area contributed by atoms with Gasteiger partial charge in [-0.15, -0.1) is 0 Å². The van der Waals surface area contributed by atoms with Gasteiger partial charge in [0.2, 0.25) is 5.69 Å². The summed E-state index contributed by atoms with van der Waals surface area (Å²) in [4.78, 5) is 10.5. The highest BCUT2D eigenvalue weighted by molar-refractivity contribution is 6.23. The van der Waals surface area contributed by atoms with Crippen molar-refractivity contribution >= 4 is 38.2 Å². The number of benzene rings is 3. The van der Waals surface area contributed by atoms with E-state index >= 15 is 0 Å². The number of rotatable bonds is 2. The maximum Gasteiger partial charge on any atom is 0.214 e. The molecule has 0 bridgehead atoms. The van der Waals surface area contributed by atoms with Gasteiger partial charge < -0.3 is 0 Å². The number of aromatic nitrogens is 4. The van der Waals surface area contributed by atoms with Crippen molar-refractivity contribution in [2.45, 2.75) is 90.5 Å². The molecule has 5 aromatic heterocycles. The summed E-state index contributed by atoms with van der Waals surface area (Å²) in [6, 6.07) is 36.2. The molecule has 1 aliphatic heterocycles. The van der Waals surface area contributed by atoms with Crippen LogP contribution in [0.25, 0.3) is 60.7 Å². The zero-order valence-electron chi connectivity index (χ0n) is 30.8. The zero-order valence-corrected chi connectivity index (χ0v) is 30.8. The smallest absolute Gasteiger partial charge is 0.214 e. The van der Waals surface area contributed by atoms with Gasteiger partial charge in [0, 0.05) is 51.9 Å². The van der Waals surface area contributed by atoms with Gasteiger partial charge in [-0.2, -0.15) is 4.57 Å². The molecule has 1 atom stereocenters. The Bertz CT molecular complexity index is 2580. The number of fused-ring (bicyclic) bond motifs is 9. The summed E-state index contributed by atoms with van der Waals surface area (Å²) in [6.45, 7) is 14.9. The lowest BCUT2D eigenvalue weighted by Crippen LogP contribution is -2.37. The first-order chi connectivity index (χ1) is 24.6. The van der Waals surface area contributed by atoms with E-state index in [4.69, 9.17) is 9.97 Å². The van der Waals surface area contributed by atoms with Crippen LogP contribution in [-0.4, -0.2) is 14.4 Å². The van der Waals surface area contributed by atoms with Crippen LogP contribution in [0.5, 0.6) is 0 Å². The van der Waals surface area contributed by atoms with Crippen LogP contribution in [0.15, 0.2) is 109 Å². The van der Waals surface area contributed by atoms with Crippen molar-refractivity contribution in [3.8, 4) is 22.5 Å². The van der Waals surface area contributed by atoms with Crippen molar-refractivity contribution in [3.05, 3.63) is 132 Å². The Kier molecular flexibility index (Phi) is 7.33. The molecule has 4 nitrogen and oxygen atoms in total. The molecule has 0 spiro atoms. The summed E-state index contributed by atoms with van der Waals surface area (Å²) < 4.78 is 4.95. The van der Waals surface area contributed by atoms with Gasteiger partial charge in [0.25, 0.3) is 0 Å². The lowest BCUT2D eigenvalue weighted by Gasteiger charge is -2.23. The van der Waals surface area contributed by atoms with E-state index in [1.807, 2.05) is 12.3 Å². The van der Waals surface area contributed by atoms with Crippen molar-refractivity contribution in [1.82, 2.24) is 14.4 Å². The average molecular weight is 668 g/mol. The Labute approximate surface area is 301 Å². The van der Waals surface area contributed by atoms with Crippen LogP contribution in [0.4, 0.5) is 0 Å². The number of aryl methyl sites for hydroxylation is 2. The van der Waals surface area contributed by atoms with Crippen LogP contribution in [0.2, 0.25) is 0 Å². The molecule has 9 rings (SSSR count). The van der Waals surface area contributed by atoms with E-state index in [1.165, 1.54) is 71.8 Å². The second-order valence-corrected chi connectivity index (χ2v) is 16.8. The lowest BCUT2D eigenvalue weighted by atomic mass is 9.83. The second-order valence-electron chi connectivity index (χ2n) is 16.8. The van der Waals surface area contributed by atoms with Crippen LogP contribution in [0.1, 0.15) is 89.1 Å². The minimum Gasteiger partial charge on any atom is -0.293 e. The molecule has 0 radical (unpaired) electrons. The van der Waals surface area contributed by atoms with E-state index in [9.17, 15) is 0 Å². The lowest BCUT2D eigenvalue weighted by molar-refractivity contribution is -0.686. The number of pyridine rings is 3. The number of para-hydroxylation sites is 1. The highest BCUT2D eigenvalue weighted by atomic mass is 15.0. The van der Waals surface area contributed by atoms with E-state index in [0.717, 1.165) is 43.6 Å². The van der Waals surface area contributed by atoms with Crippen molar-refractivity contribution in [2.24, 2.45) is 0 Å². The molecular weight excluding hydrogens is 621 g/mol. The normalized spacial score (nSPS) is 15.8. The minimum absolute atomic E-state index is 0.0223. The van der Waals surface area contributed by atoms with Crippen LogP contribution in [0.3, 0.4) is 0 Å². The molecule has 254 valence electrons. The van der Waals surface area contributed by atoms with Gasteiger partial charge in [0.05, 0.1) is 28.0 Å². The van der Waals surface area contributed by atoms with Gasteiger partial charge in [0.15, 0.2) is 6.20 Å². The molecule has 6 heterocycles. The summed E-state index contributed by atoms with van der Waals surface area (Å²) in [5, 5.41) is 5.17. The topological polar surface area (TPSA) is 34.1 Å². The standard InChI is InChI=1S/C47H47N4/c1-46(2,3)31-22-25-50-24-13-14-30(33-15-7-8-16-34(33)40-18-11-12-23-48-40)20-21-41-39(43(50)28-31)29-38-37-27-32(47(4,5)6)26-36-35-17-9-10-19-42(35)51(44(36)37)45(38)49-41/h7-12,15-19,22-23,25-30H,13-14,20-21,24H2,1-6H3/q+1. The highest BCUT2D eigenvalue weighted by Gasteiger charge is 2.29. The van der Waals surface area contributed by atoms with E-state index < -0.39 is 0 Å². The molecule has 0 amide bonds. The van der Waals surface area contributed by atoms with Crippen LogP contribution < -0.4 is 4.57 Å². The van der Waals surface area contributed by atoms with Crippen LogP contribution in [0, 0.1) is 0 Å². The van der Waals surface area contributed by atoms with Gasteiger partial charge in [-0.05, 0) is 89.1 Å². The summed E-state index contributed by atoms with van der Waals surface area (Å²) in [5.41, 5.74) is 13.8. The number of hydrogen-bond acceptors (Lipinski definition) is 2. The van der Waals surface area contributed by atoms with Crippen LogP contribution >= 0.6 is 0 Å². The van der Waals surface area contributed by atoms with Crippen molar-refractivity contribution in [3.63, 3.8) is 0 Å². The highest BCUT2D eigenvalue weighted by Crippen LogP contribution is 2.43. The summed E-state index contributed by atoms with van der Waals surface area (Å²) in [5.74, 6) is 0.396. The second kappa shape index (κ2) is 11.7. The summed E-state index contributed by atoms with van der Waals surface area (Å²) in [7, 11) is 0. The van der Waals surface area contributed by atoms with E-state index in [0.29, 0.717) is 5.92 Å². The first kappa shape index (κ1) is 31.9. The minimum atomic E-state index is 0.0223. The fraction of sp³-hybridized carbons (Fsp3) is 0.298. The molecule has 4 heteroatoms.